The van der Waals surface area contributed by atoms with E-state index in [1.807, 2.05) is 12.2 Å². The maximum Gasteiger partial charge on any atom is 0.116 e. The van der Waals surface area contributed by atoms with E-state index in [0.717, 1.165) is 12.8 Å². The number of hydrogen-bond donors (Lipinski definition) is 1. The van der Waals surface area contributed by atoms with Crippen molar-refractivity contribution in [2.24, 2.45) is 0 Å². The van der Waals surface area contributed by atoms with Gasteiger partial charge in [0.05, 0.1) is 12.9 Å². The topological polar surface area (TPSA) is 29.5 Å². The first-order valence-electron chi connectivity index (χ1n) is 3.51. The molecule has 0 radical (unpaired) electrons. The van der Waals surface area contributed by atoms with E-state index < -0.39 is 0 Å². The van der Waals surface area contributed by atoms with Crippen LogP contribution in [0.15, 0.2) is 24.5 Å². The zero-order valence-corrected chi connectivity index (χ0v) is 5.86. The molecule has 1 heterocycles. The highest BCUT2D eigenvalue weighted by atomic mass is 16.5. The standard InChI is InChI=1S/C8H12O2/c9-6-3-5-8-4-1-2-7-10-8/h2-3,5,7-9H,1,4,6H2/b5-3+. The van der Waals surface area contributed by atoms with E-state index in [4.69, 9.17) is 9.84 Å². The predicted molar refractivity (Wildman–Crippen MR) is 39.5 cm³/mol. The molecule has 0 aliphatic carbocycles. The molecule has 2 heteroatoms. The van der Waals surface area contributed by atoms with Crippen LogP contribution in [-0.2, 0) is 4.74 Å². The molecular weight excluding hydrogens is 128 g/mol. The van der Waals surface area contributed by atoms with Gasteiger partial charge in [-0.25, -0.2) is 0 Å². The van der Waals surface area contributed by atoms with Gasteiger partial charge in [0, 0.05) is 0 Å². The summed E-state index contributed by atoms with van der Waals surface area (Å²) in [5.41, 5.74) is 0. The lowest BCUT2D eigenvalue weighted by Gasteiger charge is -2.14. The van der Waals surface area contributed by atoms with Gasteiger partial charge in [-0.3, -0.25) is 0 Å². The largest absolute Gasteiger partial charge is 0.494 e. The van der Waals surface area contributed by atoms with E-state index in [1.165, 1.54) is 0 Å². The molecule has 0 aromatic heterocycles. The minimum absolute atomic E-state index is 0.101. The second-order valence-electron chi connectivity index (χ2n) is 2.23. The third-order valence-corrected chi connectivity index (χ3v) is 1.42. The van der Waals surface area contributed by atoms with Gasteiger partial charge in [-0.15, -0.1) is 0 Å². The summed E-state index contributed by atoms with van der Waals surface area (Å²) in [6.07, 6.45) is 9.59. The van der Waals surface area contributed by atoms with Gasteiger partial charge in [0.1, 0.15) is 6.10 Å². The van der Waals surface area contributed by atoms with Crippen molar-refractivity contribution in [3.63, 3.8) is 0 Å². The zero-order valence-electron chi connectivity index (χ0n) is 5.86. The molecule has 1 N–H and O–H groups in total. The van der Waals surface area contributed by atoms with Gasteiger partial charge in [-0.1, -0.05) is 6.08 Å². The fourth-order valence-electron chi connectivity index (χ4n) is 0.907. The lowest BCUT2D eigenvalue weighted by atomic mass is 10.1. The number of aliphatic hydroxyl groups excluding tert-OH is 1. The summed E-state index contributed by atoms with van der Waals surface area (Å²) >= 11 is 0. The van der Waals surface area contributed by atoms with Crippen molar-refractivity contribution in [3.05, 3.63) is 24.5 Å². The summed E-state index contributed by atoms with van der Waals surface area (Å²) in [6.45, 7) is 0.101. The molecule has 56 valence electrons. The average molecular weight is 140 g/mol. The highest BCUT2D eigenvalue weighted by Gasteiger charge is 2.04. The predicted octanol–water partition coefficient (Wildman–Crippen LogP) is 1.23. The Morgan fingerprint density at radius 3 is 3.20 bits per heavy atom. The molecule has 1 unspecified atom stereocenters. The molecule has 0 bridgehead atoms. The van der Waals surface area contributed by atoms with Crippen LogP contribution in [0.3, 0.4) is 0 Å². The summed E-state index contributed by atoms with van der Waals surface area (Å²) < 4.78 is 5.20. The second kappa shape index (κ2) is 4.12. The maximum atomic E-state index is 8.44. The number of rotatable bonds is 2. The Morgan fingerprint density at radius 1 is 1.70 bits per heavy atom. The van der Waals surface area contributed by atoms with Crippen LogP contribution >= 0.6 is 0 Å². The molecule has 1 atom stereocenters. The van der Waals surface area contributed by atoms with Gasteiger partial charge in [0.15, 0.2) is 0 Å². The number of ether oxygens (including phenoxy) is 1. The van der Waals surface area contributed by atoms with Crippen LogP contribution in [0.4, 0.5) is 0 Å². The number of hydrogen-bond acceptors (Lipinski definition) is 2. The van der Waals surface area contributed by atoms with Crippen LogP contribution in [-0.4, -0.2) is 17.8 Å². The minimum Gasteiger partial charge on any atom is -0.494 e. The Morgan fingerprint density at radius 2 is 2.60 bits per heavy atom. The first-order valence-corrected chi connectivity index (χ1v) is 3.51. The quantitative estimate of drug-likeness (QED) is 0.584. The van der Waals surface area contributed by atoms with Crippen molar-refractivity contribution >= 4 is 0 Å². The second-order valence-corrected chi connectivity index (χ2v) is 2.23. The van der Waals surface area contributed by atoms with Gasteiger partial charge in [-0.2, -0.15) is 0 Å². The smallest absolute Gasteiger partial charge is 0.116 e. The van der Waals surface area contributed by atoms with Crippen molar-refractivity contribution < 1.29 is 9.84 Å². The number of aliphatic hydroxyl groups is 1. The van der Waals surface area contributed by atoms with Crippen molar-refractivity contribution in [2.45, 2.75) is 18.9 Å². The molecule has 0 aromatic carbocycles. The SMILES string of the molecule is OC/C=C/C1CCC=CO1. The Kier molecular flexibility index (Phi) is 3.03. The van der Waals surface area contributed by atoms with Crippen LogP contribution in [0.2, 0.25) is 0 Å². The fourth-order valence-corrected chi connectivity index (χ4v) is 0.907. The molecule has 0 saturated carbocycles. The van der Waals surface area contributed by atoms with Crippen LogP contribution in [0, 0.1) is 0 Å². The average Bonchev–Trinajstić information content (AvgIpc) is 2.03. The summed E-state index contributed by atoms with van der Waals surface area (Å²) in [4.78, 5) is 0. The lowest BCUT2D eigenvalue weighted by Crippen LogP contribution is -2.08. The van der Waals surface area contributed by atoms with Crippen LogP contribution in [0.1, 0.15) is 12.8 Å². The molecular formula is C8H12O2. The molecule has 1 aliphatic heterocycles. The monoisotopic (exact) mass is 140 g/mol. The van der Waals surface area contributed by atoms with Gasteiger partial charge in [0.2, 0.25) is 0 Å². The van der Waals surface area contributed by atoms with Crippen molar-refractivity contribution in [2.75, 3.05) is 6.61 Å². The molecule has 1 rings (SSSR count). The molecule has 0 spiro atoms. The normalized spacial score (nSPS) is 25.1. The summed E-state index contributed by atoms with van der Waals surface area (Å²) in [7, 11) is 0. The van der Waals surface area contributed by atoms with Crippen molar-refractivity contribution in [3.8, 4) is 0 Å². The third-order valence-electron chi connectivity index (χ3n) is 1.42. The van der Waals surface area contributed by atoms with E-state index in [0.29, 0.717) is 0 Å². The highest BCUT2D eigenvalue weighted by Crippen LogP contribution is 2.10. The molecule has 0 saturated heterocycles. The fraction of sp³-hybridized carbons (Fsp3) is 0.500. The first-order chi connectivity index (χ1) is 4.93. The van der Waals surface area contributed by atoms with Gasteiger partial charge in [0.25, 0.3) is 0 Å². The van der Waals surface area contributed by atoms with Gasteiger partial charge < -0.3 is 9.84 Å². The summed E-state index contributed by atoms with van der Waals surface area (Å²) in [5.74, 6) is 0. The highest BCUT2D eigenvalue weighted by molar-refractivity contribution is 4.94. The Labute approximate surface area is 60.8 Å². The van der Waals surface area contributed by atoms with Crippen molar-refractivity contribution in [1.29, 1.82) is 0 Å². The van der Waals surface area contributed by atoms with Crippen LogP contribution in [0.25, 0.3) is 0 Å². The first kappa shape index (κ1) is 7.35. The van der Waals surface area contributed by atoms with Gasteiger partial charge >= 0.3 is 0 Å². The Balaban J connectivity index is 2.28. The van der Waals surface area contributed by atoms with Crippen LogP contribution in [0.5, 0.6) is 0 Å². The summed E-state index contributed by atoms with van der Waals surface area (Å²) in [6, 6.07) is 0. The maximum absolute atomic E-state index is 8.44. The number of allylic oxidation sites excluding steroid dienone is 1. The lowest BCUT2D eigenvalue weighted by molar-refractivity contribution is 0.164. The minimum atomic E-state index is 0.101. The van der Waals surface area contributed by atoms with Crippen LogP contribution < -0.4 is 0 Å². The molecule has 0 fully saturated rings. The zero-order chi connectivity index (χ0) is 7.23. The Hall–Kier alpha value is -0.760. The Bertz CT molecular complexity index is 138. The van der Waals surface area contributed by atoms with E-state index in [-0.39, 0.29) is 12.7 Å². The third kappa shape index (κ3) is 2.23. The van der Waals surface area contributed by atoms with Gasteiger partial charge in [-0.05, 0) is 25.0 Å². The molecule has 1 aliphatic rings. The van der Waals surface area contributed by atoms with E-state index in [1.54, 1.807) is 12.3 Å². The molecule has 10 heavy (non-hydrogen) atoms. The van der Waals surface area contributed by atoms with E-state index in [2.05, 4.69) is 0 Å². The molecule has 2 nitrogen and oxygen atoms in total. The molecule has 0 amide bonds. The van der Waals surface area contributed by atoms with E-state index >= 15 is 0 Å². The molecule has 0 aromatic rings. The summed E-state index contributed by atoms with van der Waals surface area (Å²) in [5, 5.41) is 8.44. The van der Waals surface area contributed by atoms with E-state index in [9.17, 15) is 0 Å². The van der Waals surface area contributed by atoms with Crippen molar-refractivity contribution in [1.82, 2.24) is 0 Å².